The molecule has 1 rings (SSSR count). The largest absolute Gasteiger partial charge is 0.355 e. The van der Waals surface area contributed by atoms with Gasteiger partial charge in [-0.2, -0.15) is 0 Å². The molecule has 6 nitrogen and oxygen atoms in total. The van der Waals surface area contributed by atoms with Crippen molar-refractivity contribution in [3.8, 4) is 0 Å². The molecule has 0 saturated heterocycles. The molecule has 0 radical (unpaired) electrons. The minimum atomic E-state index is -0.00899. The summed E-state index contributed by atoms with van der Waals surface area (Å²) < 4.78 is 0. The first kappa shape index (κ1) is 27.6. The molecule has 0 unspecified atom stereocenters. The van der Waals surface area contributed by atoms with Crippen LogP contribution in [0.4, 0.5) is 0 Å². The monoisotopic (exact) mass is 517 g/mol. The second-order valence-electron chi connectivity index (χ2n) is 7.58. The fourth-order valence-electron chi connectivity index (χ4n) is 3.08. The first-order valence-electron chi connectivity index (χ1n) is 10.5. The maximum absolute atomic E-state index is 12.1. The Morgan fingerprint density at radius 3 is 2.14 bits per heavy atom. The lowest BCUT2D eigenvalue weighted by atomic mass is 10.1. The van der Waals surface area contributed by atoms with Gasteiger partial charge in [-0.3, -0.25) is 14.7 Å². The topological polar surface area (TPSA) is 68.8 Å². The van der Waals surface area contributed by atoms with E-state index in [1.54, 1.807) is 7.05 Å². The molecule has 166 valence electrons. The SMILES string of the molecule is CCCCNC(=O)c1ccc(CNC(=NC)NCCN(C(C)C)C(C)C)cc1.I. The van der Waals surface area contributed by atoms with Crippen molar-refractivity contribution in [3.63, 3.8) is 0 Å². The van der Waals surface area contributed by atoms with Gasteiger partial charge in [-0.1, -0.05) is 25.5 Å². The van der Waals surface area contributed by atoms with Crippen LogP contribution >= 0.6 is 24.0 Å². The molecule has 0 spiro atoms. The number of halogens is 1. The number of carbonyl (C=O) groups is 1. The molecule has 7 heteroatoms. The van der Waals surface area contributed by atoms with Crippen LogP contribution in [0.1, 0.15) is 63.4 Å². The minimum Gasteiger partial charge on any atom is -0.355 e. The molecule has 0 saturated carbocycles. The third-order valence-corrected chi connectivity index (χ3v) is 4.70. The van der Waals surface area contributed by atoms with Crippen molar-refractivity contribution in [2.24, 2.45) is 4.99 Å². The van der Waals surface area contributed by atoms with E-state index in [0.29, 0.717) is 24.2 Å². The van der Waals surface area contributed by atoms with Crippen LogP contribution in [0.15, 0.2) is 29.3 Å². The number of amides is 1. The van der Waals surface area contributed by atoms with Crippen molar-refractivity contribution in [3.05, 3.63) is 35.4 Å². The molecule has 0 bridgehead atoms. The number of nitrogens with one attached hydrogen (secondary N) is 3. The first-order chi connectivity index (χ1) is 13.4. The summed E-state index contributed by atoms with van der Waals surface area (Å²) >= 11 is 0. The highest BCUT2D eigenvalue weighted by molar-refractivity contribution is 14.0. The van der Waals surface area contributed by atoms with Crippen molar-refractivity contribution in [2.45, 2.75) is 66.1 Å². The Balaban J connectivity index is 0.00000784. The second kappa shape index (κ2) is 15.5. The Kier molecular flexibility index (Phi) is 14.8. The highest BCUT2D eigenvalue weighted by Crippen LogP contribution is 2.05. The van der Waals surface area contributed by atoms with Crippen LogP contribution in [0, 0.1) is 0 Å². The number of aliphatic imine (C=N–C) groups is 1. The number of nitrogens with zero attached hydrogens (tertiary/aromatic N) is 2. The Bertz CT molecular complexity index is 594. The van der Waals surface area contributed by atoms with E-state index < -0.39 is 0 Å². The summed E-state index contributed by atoms with van der Waals surface area (Å²) in [5, 5.41) is 9.64. The van der Waals surface area contributed by atoms with Crippen LogP contribution in [0.3, 0.4) is 0 Å². The van der Waals surface area contributed by atoms with Gasteiger partial charge < -0.3 is 16.0 Å². The molecule has 0 aromatic heterocycles. The summed E-state index contributed by atoms with van der Waals surface area (Å²) in [6.07, 6.45) is 2.08. The highest BCUT2D eigenvalue weighted by Gasteiger charge is 2.12. The maximum Gasteiger partial charge on any atom is 0.251 e. The quantitative estimate of drug-likeness (QED) is 0.182. The average molecular weight is 518 g/mol. The van der Waals surface area contributed by atoms with Gasteiger partial charge in [0.2, 0.25) is 0 Å². The predicted molar refractivity (Wildman–Crippen MR) is 134 cm³/mol. The number of hydrogen-bond acceptors (Lipinski definition) is 3. The van der Waals surface area contributed by atoms with Crippen LogP contribution in [0.5, 0.6) is 0 Å². The molecule has 3 N–H and O–H groups in total. The molecule has 1 aromatic carbocycles. The fraction of sp³-hybridized carbons (Fsp3) is 0.636. The van der Waals surface area contributed by atoms with E-state index in [9.17, 15) is 4.79 Å². The zero-order valence-corrected chi connectivity index (χ0v) is 21.2. The zero-order chi connectivity index (χ0) is 20.9. The van der Waals surface area contributed by atoms with Gasteiger partial charge in [-0.15, -0.1) is 24.0 Å². The van der Waals surface area contributed by atoms with E-state index in [4.69, 9.17) is 0 Å². The van der Waals surface area contributed by atoms with Gasteiger partial charge in [-0.25, -0.2) is 0 Å². The van der Waals surface area contributed by atoms with Crippen molar-refractivity contribution in [2.75, 3.05) is 26.7 Å². The van der Waals surface area contributed by atoms with E-state index in [1.807, 2.05) is 24.3 Å². The van der Waals surface area contributed by atoms with E-state index in [0.717, 1.165) is 44.0 Å². The van der Waals surface area contributed by atoms with Gasteiger partial charge in [-0.05, 0) is 51.8 Å². The van der Waals surface area contributed by atoms with Gasteiger partial charge in [0, 0.05) is 50.9 Å². The molecule has 0 atom stereocenters. The third-order valence-electron chi connectivity index (χ3n) is 4.70. The van der Waals surface area contributed by atoms with Crippen LogP contribution in [-0.2, 0) is 6.54 Å². The molecule has 1 aromatic rings. The van der Waals surface area contributed by atoms with E-state index >= 15 is 0 Å². The number of hydrogen-bond donors (Lipinski definition) is 3. The van der Waals surface area contributed by atoms with E-state index in [-0.39, 0.29) is 29.9 Å². The average Bonchev–Trinajstić information content (AvgIpc) is 2.67. The molecule has 0 fully saturated rings. The van der Waals surface area contributed by atoms with Gasteiger partial charge >= 0.3 is 0 Å². The summed E-state index contributed by atoms with van der Waals surface area (Å²) in [6.45, 7) is 14.2. The van der Waals surface area contributed by atoms with Crippen LogP contribution in [0.25, 0.3) is 0 Å². The highest BCUT2D eigenvalue weighted by atomic mass is 127. The molecule has 29 heavy (non-hydrogen) atoms. The van der Waals surface area contributed by atoms with Crippen molar-refractivity contribution >= 4 is 35.8 Å². The molecule has 1 amide bonds. The number of guanidine groups is 1. The second-order valence-corrected chi connectivity index (χ2v) is 7.58. The van der Waals surface area contributed by atoms with Gasteiger partial charge in [0.1, 0.15) is 0 Å². The summed E-state index contributed by atoms with van der Waals surface area (Å²) in [5.74, 6) is 0.777. The minimum absolute atomic E-state index is 0. The number of rotatable bonds is 11. The molecular weight excluding hydrogens is 477 g/mol. The van der Waals surface area contributed by atoms with E-state index in [1.165, 1.54) is 0 Å². The lowest BCUT2D eigenvalue weighted by Crippen LogP contribution is -2.45. The van der Waals surface area contributed by atoms with Crippen molar-refractivity contribution in [1.82, 2.24) is 20.9 Å². The van der Waals surface area contributed by atoms with Gasteiger partial charge in [0.25, 0.3) is 5.91 Å². The number of carbonyl (C=O) groups excluding carboxylic acids is 1. The van der Waals surface area contributed by atoms with Crippen molar-refractivity contribution in [1.29, 1.82) is 0 Å². The zero-order valence-electron chi connectivity index (χ0n) is 18.9. The summed E-state index contributed by atoms with van der Waals surface area (Å²) in [7, 11) is 1.78. The van der Waals surface area contributed by atoms with Crippen LogP contribution in [-0.4, -0.2) is 55.5 Å². The number of unbranched alkanes of at least 4 members (excludes halogenated alkanes) is 1. The normalized spacial score (nSPS) is 11.6. The standard InChI is InChI=1S/C22H39N5O.HI/c1-7-8-13-24-21(28)20-11-9-19(10-12-20)16-26-22(23-6)25-14-15-27(17(2)3)18(4)5;/h9-12,17-18H,7-8,13-16H2,1-6H3,(H,24,28)(H2,23,25,26);1H. The van der Waals surface area contributed by atoms with Gasteiger partial charge in [0.05, 0.1) is 0 Å². The molecular formula is C22H40IN5O. The van der Waals surface area contributed by atoms with Gasteiger partial charge in [0.15, 0.2) is 5.96 Å². The molecule has 0 heterocycles. The molecule has 0 aliphatic heterocycles. The Morgan fingerprint density at radius 2 is 1.62 bits per heavy atom. The first-order valence-corrected chi connectivity index (χ1v) is 10.5. The number of benzene rings is 1. The van der Waals surface area contributed by atoms with Crippen molar-refractivity contribution < 1.29 is 4.79 Å². The Morgan fingerprint density at radius 1 is 1.00 bits per heavy atom. The lowest BCUT2D eigenvalue weighted by Gasteiger charge is -2.30. The lowest BCUT2D eigenvalue weighted by molar-refractivity contribution is 0.0953. The maximum atomic E-state index is 12.1. The summed E-state index contributed by atoms with van der Waals surface area (Å²) in [5.41, 5.74) is 1.81. The van der Waals surface area contributed by atoms with Crippen LogP contribution < -0.4 is 16.0 Å². The molecule has 0 aliphatic carbocycles. The third kappa shape index (κ3) is 10.8. The summed E-state index contributed by atoms with van der Waals surface area (Å²) in [6, 6.07) is 8.75. The Hall–Kier alpha value is -1.35. The Labute approximate surface area is 194 Å². The van der Waals surface area contributed by atoms with Crippen LogP contribution in [0.2, 0.25) is 0 Å². The molecule has 0 aliphatic rings. The van der Waals surface area contributed by atoms with E-state index in [2.05, 4.69) is 60.5 Å². The predicted octanol–water partition coefficient (Wildman–Crippen LogP) is 3.62. The summed E-state index contributed by atoms with van der Waals surface area (Å²) in [4.78, 5) is 18.8. The fourth-order valence-corrected chi connectivity index (χ4v) is 3.08. The smallest absolute Gasteiger partial charge is 0.251 e.